The standard InChI is InChI=1S/C10H10ClF2NO2/c1-4-2-5(11)10(13)8(9(4)12)6(14)3-7(15)16/h2,6H,3,14H2,1H3,(H,15,16). The van der Waals surface area contributed by atoms with Crippen LogP contribution in [0.15, 0.2) is 6.07 Å². The van der Waals surface area contributed by atoms with Gasteiger partial charge in [-0.3, -0.25) is 4.79 Å². The van der Waals surface area contributed by atoms with Crippen molar-refractivity contribution in [1.82, 2.24) is 0 Å². The number of nitrogens with two attached hydrogens (primary N) is 1. The number of benzene rings is 1. The number of aliphatic carboxylic acids is 1. The molecule has 16 heavy (non-hydrogen) atoms. The first-order chi connectivity index (χ1) is 7.34. The van der Waals surface area contributed by atoms with Gasteiger partial charge in [0.05, 0.1) is 11.4 Å². The number of carboxylic acids is 1. The van der Waals surface area contributed by atoms with Crippen LogP contribution in [0.2, 0.25) is 5.02 Å². The van der Waals surface area contributed by atoms with E-state index in [1.54, 1.807) is 0 Å². The van der Waals surface area contributed by atoms with E-state index in [4.69, 9.17) is 22.4 Å². The molecule has 88 valence electrons. The maximum atomic E-state index is 13.6. The molecule has 0 bridgehead atoms. The highest BCUT2D eigenvalue weighted by molar-refractivity contribution is 6.30. The SMILES string of the molecule is Cc1cc(Cl)c(F)c(C(N)CC(=O)O)c1F. The summed E-state index contributed by atoms with van der Waals surface area (Å²) < 4.78 is 27.1. The second kappa shape index (κ2) is 4.76. The van der Waals surface area contributed by atoms with Gasteiger partial charge in [0.2, 0.25) is 0 Å². The van der Waals surface area contributed by atoms with E-state index in [2.05, 4.69) is 0 Å². The van der Waals surface area contributed by atoms with Crippen molar-refractivity contribution in [3.8, 4) is 0 Å². The number of rotatable bonds is 3. The summed E-state index contributed by atoms with van der Waals surface area (Å²) in [7, 11) is 0. The van der Waals surface area contributed by atoms with Crippen molar-refractivity contribution in [2.75, 3.05) is 0 Å². The highest BCUT2D eigenvalue weighted by Gasteiger charge is 2.22. The molecule has 0 heterocycles. The smallest absolute Gasteiger partial charge is 0.305 e. The molecule has 3 nitrogen and oxygen atoms in total. The van der Waals surface area contributed by atoms with Gasteiger partial charge in [0, 0.05) is 11.6 Å². The van der Waals surface area contributed by atoms with Gasteiger partial charge in [0.15, 0.2) is 0 Å². The highest BCUT2D eigenvalue weighted by Crippen LogP contribution is 2.29. The van der Waals surface area contributed by atoms with Gasteiger partial charge < -0.3 is 10.8 Å². The van der Waals surface area contributed by atoms with Crippen molar-refractivity contribution in [3.63, 3.8) is 0 Å². The van der Waals surface area contributed by atoms with E-state index in [-0.39, 0.29) is 10.6 Å². The van der Waals surface area contributed by atoms with Gasteiger partial charge in [-0.1, -0.05) is 11.6 Å². The van der Waals surface area contributed by atoms with Crippen LogP contribution in [0.4, 0.5) is 8.78 Å². The van der Waals surface area contributed by atoms with Gasteiger partial charge in [0.1, 0.15) is 11.6 Å². The number of carboxylic acid groups (broad SMARTS) is 1. The molecule has 1 aromatic rings. The Morgan fingerprint density at radius 2 is 2.12 bits per heavy atom. The fraction of sp³-hybridized carbons (Fsp3) is 0.300. The maximum Gasteiger partial charge on any atom is 0.305 e. The van der Waals surface area contributed by atoms with Crippen LogP contribution in [0.5, 0.6) is 0 Å². The first-order valence-electron chi connectivity index (χ1n) is 4.46. The minimum Gasteiger partial charge on any atom is -0.481 e. The average molecular weight is 250 g/mol. The fourth-order valence-corrected chi connectivity index (χ4v) is 1.64. The molecule has 6 heteroatoms. The lowest BCUT2D eigenvalue weighted by molar-refractivity contribution is -0.137. The van der Waals surface area contributed by atoms with Gasteiger partial charge in [-0.15, -0.1) is 0 Å². The molecular formula is C10H10ClF2NO2. The molecule has 1 rings (SSSR count). The molecule has 1 aromatic carbocycles. The van der Waals surface area contributed by atoms with Crippen molar-refractivity contribution in [2.24, 2.45) is 5.73 Å². The van der Waals surface area contributed by atoms with Crippen LogP contribution in [0.25, 0.3) is 0 Å². The third-order valence-corrected chi connectivity index (χ3v) is 2.41. The summed E-state index contributed by atoms with van der Waals surface area (Å²) in [5, 5.41) is 8.24. The zero-order valence-corrected chi connectivity index (χ0v) is 9.18. The van der Waals surface area contributed by atoms with Gasteiger partial charge in [-0.25, -0.2) is 8.78 Å². The number of halogens is 3. The van der Waals surface area contributed by atoms with Gasteiger partial charge in [0.25, 0.3) is 0 Å². The van der Waals surface area contributed by atoms with Crippen molar-refractivity contribution in [3.05, 3.63) is 33.9 Å². The summed E-state index contributed by atoms with van der Waals surface area (Å²) in [6, 6.07) is -0.127. The lowest BCUT2D eigenvalue weighted by Crippen LogP contribution is -2.18. The zero-order valence-electron chi connectivity index (χ0n) is 8.43. The van der Waals surface area contributed by atoms with Gasteiger partial charge in [-0.2, -0.15) is 0 Å². The molecule has 3 N–H and O–H groups in total. The van der Waals surface area contributed by atoms with E-state index in [1.807, 2.05) is 0 Å². The number of carbonyl (C=O) groups is 1. The molecular weight excluding hydrogens is 240 g/mol. The van der Waals surface area contributed by atoms with E-state index in [1.165, 1.54) is 6.92 Å². The number of hydrogen-bond acceptors (Lipinski definition) is 2. The third-order valence-electron chi connectivity index (χ3n) is 2.14. The van der Waals surface area contributed by atoms with Crippen LogP contribution in [-0.2, 0) is 4.79 Å². The van der Waals surface area contributed by atoms with Crippen LogP contribution < -0.4 is 5.73 Å². The van der Waals surface area contributed by atoms with E-state index >= 15 is 0 Å². The molecule has 0 aliphatic rings. The summed E-state index contributed by atoms with van der Waals surface area (Å²) in [6.07, 6.45) is -0.562. The lowest BCUT2D eigenvalue weighted by Gasteiger charge is -2.14. The second-order valence-electron chi connectivity index (χ2n) is 3.42. The Morgan fingerprint density at radius 1 is 1.56 bits per heavy atom. The molecule has 0 spiro atoms. The molecule has 0 saturated heterocycles. The summed E-state index contributed by atoms with van der Waals surface area (Å²) in [5.41, 5.74) is 5.06. The molecule has 0 radical (unpaired) electrons. The molecule has 0 saturated carbocycles. The topological polar surface area (TPSA) is 63.3 Å². The molecule has 0 amide bonds. The minimum absolute atomic E-state index is 0.127. The summed E-state index contributed by atoms with van der Waals surface area (Å²) in [5.74, 6) is -3.09. The lowest BCUT2D eigenvalue weighted by atomic mass is 10.0. The molecule has 0 fully saturated rings. The predicted octanol–water partition coefficient (Wildman–Crippen LogP) is 2.40. The quantitative estimate of drug-likeness (QED) is 0.809. The molecule has 1 unspecified atom stereocenters. The number of aryl methyl sites for hydroxylation is 1. The Hall–Kier alpha value is -1.20. The summed E-state index contributed by atoms with van der Waals surface area (Å²) >= 11 is 5.53. The maximum absolute atomic E-state index is 13.6. The van der Waals surface area contributed by atoms with Crippen LogP contribution in [-0.4, -0.2) is 11.1 Å². The highest BCUT2D eigenvalue weighted by atomic mass is 35.5. The Bertz CT molecular complexity index is 411. The molecule has 1 atom stereocenters. The van der Waals surface area contributed by atoms with Crippen LogP contribution in [0.1, 0.15) is 23.6 Å². The second-order valence-corrected chi connectivity index (χ2v) is 3.83. The first kappa shape index (κ1) is 12.9. The van der Waals surface area contributed by atoms with Gasteiger partial charge in [-0.05, 0) is 18.6 Å². The van der Waals surface area contributed by atoms with Crippen molar-refractivity contribution in [1.29, 1.82) is 0 Å². The predicted molar refractivity (Wildman–Crippen MR) is 55.3 cm³/mol. The Balaban J connectivity index is 3.26. The largest absolute Gasteiger partial charge is 0.481 e. The molecule has 0 aliphatic carbocycles. The van der Waals surface area contributed by atoms with Crippen molar-refractivity contribution < 1.29 is 18.7 Å². The normalized spacial score (nSPS) is 12.6. The van der Waals surface area contributed by atoms with E-state index in [0.29, 0.717) is 0 Å². The Kier molecular flexibility index (Phi) is 3.83. The fourth-order valence-electron chi connectivity index (χ4n) is 1.37. The number of hydrogen-bond donors (Lipinski definition) is 2. The van der Waals surface area contributed by atoms with Crippen LogP contribution in [0, 0.1) is 18.6 Å². The van der Waals surface area contributed by atoms with Crippen molar-refractivity contribution >= 4 is 17.6 Å². The van der Waals surface area contributed by atoms with E-state index in [0.717, 1.165) is 6.07 Å². The first-order valence-corrected chi connectivity index (χ1v) is 4.83. The van der Waals surface area contributed by atoms with E-state index < -0.39 is 35.6 Å². The van der Waals surface area contributed by atoms with E-state index in [9.17, 15) is 13.6 Å². The third kappa shape index (κ3) is 2.48. The Labute approximate surface area is 95.8 Å². The monoisotopic (exact) mass is 249 g/mol. The molecule has 0 aromatic heterocycles. The minimum atomic E-state index is -1.25. The summed E-state index contributed by atoms with van der Waals surface area (Å²) in [6.45, 7) is 1.40. The average Bonchev–Trinajstić information content (AvgIpc) is 2.14. The van der Waals surface area contributed by atoms with Gasteiger partial charge >= 0.3 is 5.97 Å². The Morgan fingerprint density at radius 3 is 2.62 bits per heavy atom. The van der Waals surface area contributed by atoms with Crippen molar-refractivity contribution in [2.45, 2.75) is 19.4 Å². The van der Waals surface area contributed by atoms with Crippen LogP contribution in [0.3, 0.4) is 0 Å². The summed E-state index contributed by atoms with van der Waals surface area (Å²) in [4.78, 5) is 10.4. The molecule has 0 aliphatic heterocycles. The van der Waals surface area contributed by atoms with Crippen LogP contribution >= 0.6 is 11.6 Å². The zero-order chi connectivity index (χ0) is 12.5.